The van der Waals surface area contributed by atoms with Crippen LogP contribution in [0.1, 0.15) is 84.4 Å². The number of benzene rings is 1. The third-order valence-corrected chi connectivity index (χ3v) is 8.27. The Kier molecular flexibility index (Phi) is 14.0. The third-order valence-electron chi connectivity index (χ3n) is 8.27. The Morgan fingerprint density at radius 2 is 1.69 bits per heavy atom. The Labute approximate surface area is 270 Å². The number of Topliss-reactive ketones (excluding diaryl/α,β-unsaturated/α-hetero) is 1. The standard InChI is InChI=1S/C37H55NO7/c1-9-44-33-24-37(7,8)23-32(39)35(33)31-22-29(11-10-26(31)2)28-12-14-30(15-13-28)45-21-20-42-17-16-41-18-19-43-25-34(40)38-27(3)36(4,5)6/h10-14,22,27,30H,9,15-21,23-25H2,1-8H3,(H,38,40). The number of rotatable bonds is 17. The number of carbonyl (C=O) groups is 2. The van der Waals surface area contributed by atoms with Crippen molar-refractivity contribution in [3.05, 3.63) is 58.9 Å². The predicted molar refractivity (Wildman–Crippen MR) is 179 cm³/mol. The number of carbonyl (C=O) groups excluding carboxylic acids is 2. The molecule has 2 aliphatic rings. The highest BCUT2D eigenvalue weighted by Gasteiger charge is 2.35. The Morgan fingerprint density at radius 3 is 2.31 bits per heavy atom. The second-order valence-electron chi connectivity index (χ2n) is 13.8. The van der Waals surface area contributed by atoms with Crippen molar-refractivity contribution in [2.75, 3.05) is 52.9 Å². The van der Waals surface area contributed by atoms with Crippen LogP contribution >= 0.6 is 0 Å². The zero-order chi connectivity index (χ0) is 33.0. The fraction of sp³-hybridized carbons (Fsp3) is 0.622. The summed E-state index contributed by atoms with van der Waals surface area (Å²) in [4.78, 5) is 25.2. The van der Waals surface area contributed by atoms with Crippen LogP contribution in [0.2, 0.25) is 0 Å². The Balaban J connectivity index is 1.34. The molecule has 8 nitrogen and oxygen atoms in total. The van der Waals surface area contributed by atoms with Crippen molar-refractivity contribution in [3.8, 4) is 0 Å². The van der Waals surface area contributed by atoms with E-state index in [1.165, 1.54) is 0 Å². The lowest BCUT2D eigenvalue weighted by atomic mass is 9.74. The minimum Gasteiger partial charge on any atom is -0.497 e. The monoisotopic (exact) mass is 625 g/mol. The second-order valence-corrected chi connectivity index (χ2v) is 13.8. The molecule has 2 aliphatic carbocycles. The molecule has 0 spiro atoms. The van der Waals surface area contributed by atoms with Gasteiger partial charge in [0.2, 0.25) is 5.91 Å². The van der Waals surface area contributed by atoms with Gasteiger partial charge in [0.05, 0.1) is 57.9 Å². The topological polar surface area (TPSA) is 92.3 Å². The summed E-state index contributed by atoms with van der Waals surface area (Å²) in [5.74, 6) is 0.851. The SMILES string of the molecule is CCOC1=C(c2cc(C3=CCC(OCCOCCOCCOCC(=O)NC(C)C(C)(C)C)C=C3)ccc2C)C(=O)CC(C)(C)C1. The summed E-state index contributed by atoms with van der Waals surface area (Å²) < 4.78 is 28.5. The van der Waals surface area contributed by atoms with E-state index in [9.17, 15) is 9.59 Å². The van der Waals surface area contributed by atoms with E-state index >= 15 is 0 Å². The largest absolute Gasteiger partial charge is 0.497 e. The smallest absolute Gasteiger partial charge is 0.246 e. The summed E-state index contributed by atoms with van der Waals surface area (Å²) in [6, 6.07) is 6.41. The van der Waals surface area contributed by atoms with E-state index in [1.54, 1.807) is 0 Å². The van der Waals surface area contributed by atoms with Gasteiger partial charge in [-0.1, -0.05) is 65.0 Å². The number of ether oxygens (including phenoxy) is 5. The van der Waals surface area contributed by atoms with Crippen molar-refractivity contribution >= 4 is 22.8 Å². The highest BCUT2D eigenvalue weighted by atomic mass is 16.6. The van der Waals surface area contributed by atoms with E-state index < -0.39 is 0 Å². The molecule has 0 saturated heterocycles. The van der Waals surface area contributed by atoms with Gasteiger partial charge in [-0.2, -0.15) is 0 Å². The van der Waals surface area contributed by atoms with Crippen LogP contribution in [0, 0.1) is 17.8 Å². The van der Waals surface area contributed by atoms with Crippen LogP contribution in [0.3, 0.4) is 0 Å². The van der Waals surface area contributed by atoms with Gasteiger partial charge in [-0.3, -0.25) is 9.59 Å². The van der Waals surface area contributed by atoms with Gasteiger partial charge < -0.3 is 29.0 Å². The van der Waals surface area contributed by atoms with Gasteiger partial charge in [-0.05, 0) is 66.4 Å². The van der Waals surface area contributed by atoms with Gasteiger partial charge in [0, 0.05) is 18.9 Å². The van der Waals surface area contributed by atoms with Gasteiger partial charge >= 0.3 is 0 Å². The first-order valence-corrected chi connectivity index (χ1v) is 16.3. The number of nitrogens with one attached hydrogen (secondary N) is 1. The molecule has 0 fully saturated rings. The maximum Gasteiger partial charge on any atom is 0.246 e. The van der Waals surface area contributed by atoms with Crippen LogP contribution in [-0.2, 0) is 33.3 Å². The molecule has 45 heavy (non-hydrogen) atoms. The van der Waals surface area contributed by atoms with E-state index in [-0.39, 0.29) is 41.3 Å². The predicted octanol–water partition coefficient (Wildman–Crippen LogP) is 6.46. The van der Waals surface area contributed by atoms with E-state index in [0.29, 0.717) is 52.7 Å². The lowest BCUT2D eigenvalue weighted by Gasteiger charge is -2.32. The van der Waals surface area contributed by atoms with Gasteiger partial charge in [-0.15, -0.1) is 0 Å². The molecule has 3 rings (SSSR count). The van der Waals surface area contributed by atoms with Crippen molar-refractivity contribution in [1.29, 1.82) is 0 Å². The highest BCUT2D eigenvalue weighted by Crippen LogP contribution is 2.42. The molecule has 2 atom stereocenters. The molecule has 1 amide bonds. The molecule has 8 heteroatoms. The van der Waals surface area contributed by atoms with Crippen molar-refractivity contribution in [2.45, 2.75) is 86.8 Å². The Morgan fingerprint density at radius 1 is 1.02 bits per heavy atom. The zero-order valence-electron chi connectivity index (χ0n) is 28.8. The van der Waals surface area contributed by atoms with E-state index in [0.717, 1.165) is 46.4 Å². The maximum absolute atomic E-state index is 13.3. The molecule has 0 radical (unpaired) electrons. The second kappa shape index (κ2) is 17.2. The fourth-order valence-electron chi connectivity index (χ4n) is 5.23. The molecule has 1 aromatic rings. The van der Waals surface area contributed by atoms with Crippen molar-refractivity contribution in [2.24, 2.45) is 10.8 Å². The molecule has 0 bridgehead atoms. The van der Waals surface area contributed by atoms with Gasteiger partial charge in [-0.25, -0.2) is 0 Å². The first-order valence-electron chi connectivity index (χ1n) is 16.3. The lowest BCUT2D eigenvalue weighted by molar-refractivity contribution is -0.127. The number of hydrogen-bond donors (Lipinski definition) is 1. The highest BCUT2D eigenvalue weighted by molar-refractivity contribution is 6.22. The van der Waals surface area contributed by atoms with Crippen molar-refractivity contribution in [3.63, 3.8) is 0 Å². The average Bonchev–Trinajstić information content (AvgIpc) is 2.96. The summed E-state index contributed by atoms with van der Waals surface area (Å²) in [5.41, 5.74) is 4.89. The fourth-order valence-corrected chi connectivity index (χ4v) is 5.23. The zero-order valence-corrected chi connectivity index (χ0v) is 28.8. The molecule has 1 aromatic carbocycles. The van der Waals surface area contributed by atoms with Crippen LogP contribution in [0.5, 0.6) is 0 Å². The summed E-state index contributed by atoms with van der Waals surface area (Å²) in [6.07, 6.45) is 8.42. The number of amides is 1. The number of aryl methyl sites for hydroxylation is 1. The number of ketones is 1. The van der Waals surface area contributed by atoms with E-state index in [4.69, 9.17) is 23.7 Å². The summed E-state index contributed by atoms with van der Waals surface area (Å²) in [7, 11) is 0. The van der Waals surface area contributed by atoms with Gasteiger partial charge in [0.1, 0.15) is 12.4 Å². The average molecular weight is 626 g/mol. The molecule has 2 unspecified atom stereocenters. The van der Waals surface area contributed by atoms with Crippen molar-refractivity contribution in [1.82, 2.24) is 5.32 Å². The van der Waals surface area contributed by atoms with E-state index in [1.807, 2.05) is 13.8 Å². The van der Waals surface area contributed by atoms with Gasteiger partial charge in [0.25, 0.3) is 0 Å². The number of hydrogen-bond acceptors (Lipinski definition) is 7. The first-order chi connectivity index (χ1) is 21.3. The first kappa shape index (κ1) is 36.7. The van der Waals surface area contributed by atoms with Crippen LogP contribution in [0.4, 0.5) is 0 Å². The molecular weight excluding hydrogens is 570 g/mol. The minimum atomic E-state index is -0.115. The van der Waals surface area contributed by atoms with Crippen LogP contribution in [-0.4, -0.2) is 76.7 Å². The third kappa shape index (κ3) is 11.8. The summed E-state index contributed by atoms with van der Waals surface area (Å²) in [5, 5.41) is 2.95. The molecule has 0 saturated carbocycles. The number of allylic oxidation sites excluding steroid dienone is 4. The van der Waals surface area contributed by atoms with Crippen LogP contribution in [0.15, 0.2) is 42.2 Å². The molecule has 0 heterocycles. The van der Waals surface area contributed by atoms with Gasteiger partial charge in [0.15, 0.2) is 5.78 Å². The lowest BCUT2D eigenvalue weighted by Crippen LogP contribution is -2.43. The quantitative estimate of drug-likeness (QED) is 0.199. The molecule has 0 aliphatic heterocycles. The Bertz CT molecular complexity index is 1240. The van der Waals surface area contributed by atoms with Crippen LogP contribution in [0.25, 0.3) is 11.1 Å². The van der Waals surface area contributed by atoms with Crippen LogP contribution < -0.4 is 5.32 Å². The maximum atomic E-state index is 13.3. The molecule has 0 aromatic heterocycles. The minimum absolute atomic E-state index is 0.00586. The molecule has 250 valence electrons. The summed E-state index contributed by atoms with van der Waals surface area (Å²) >= 11 is 0. The molecule has 1 N–H and O–H groups in total. The summed E-state index contributed by atoms with van der Waals surface area (Å²) in [6.45, 7) is 19.8. The normalized spacial score (nSPS) is 19.0. The Hall–Kier alpha value is -2.78. The molecular formula is C37H55NO7. The van der Waals surface area contributed by atoms with Crippen molar-refractivity contribution < 1.29 is 33.3 Å². The van der Waals surface area contributed by atoms with E-state index in [2.05, 4.69) is 83.3 Å².